The van der Waals surface area contributed by atoms with Gasteiger partial charge in [-0.2, -0.15) is 0 Å². The Morgan fingerprint density at radius 1 is 1.40 bits per heavy atom. The molecule has 1 aromatic heterocycles. The van der Waals surface area contributed by atoms with Crippen LogP contribution in [-0.4, -0.2) is 34.4 Å². The van der Waals surface area contributed by atoms with E-state index in [1.165, 1.54) is 0 Å². The molecule has 0 spiro atoms. The van der Waals surface area contributed by atoms with Crippen LogP contribution in [0.3, 0.4) is 0 Å². The molecule has 0 saturated carbocycles. The van der Waals surface area contributed by atoms with Gasteiger partial charge in [-0.15, -0.1) is 11.3 Å². The van der Waals surface area contributed by atoms with Crippen LogP contribution in [0.15, 0.2) is 10.3 Å². The van der Waals surface area contributed by atoms with Gasteiger partial charge < -0.3 is 5.73 Å². The Bertz CT molecular complexity index is 677. The fourth-order valence-corrected chi connectivity index (χ4v) is 6.39. The zero-order valence-corrected chi connectivity index (χ0v) is 13.6. The summed E-state index contributed by atoms with van der Waals surface area (Å²) in [4.78, 5) is 0.844. The lowest BCUT2D eigenvalue weighted by molar-refractivity contribution is 0.506. The summed E-state index contributed by atoms with van der Waals surface area (Å²) in [5, 5.41) is 0. The third-order valence-electron chi connectivity index (χ3n) is 3.32. The first-order valence-corrected chi connectivity index (χ1v) is 10.4. The molecule has 0 bridgehead atoms. The topological polar surface area (TPSA) is 106 Å². The minimum atomic E-state index is -3.59. The summed E-state index contributed by atoms with van der Waals surface area (Å²) in [6.45, 7) is 2.14. The number of hydrogen-bond acceptors (Lipinski definition) is 6. The third-order valence-corrected chi connectivity index (χ3v) is 8.29. The average molecular weight is 338 g/mol. The van der Waals surface area contributed by atoms with Crippen molar-refractivity contribution in [3.8, 4) is 0 Å². The van der Waals surface area contributed by atoms with Gasteiger partial charge in [0.15, 0.2) is 0 Å². The summed E-state index contributed by atoms with van der Waals surface area (Å²) in [5.41, 5.74) is 6.41. The molecule has 9 heteroatoms. The molecule has 1 saturated heterocycles. The lowest BCUT2D eigenvalue weighted by atomic mass is 10.2. The molecule has 6 nitrogen and oxygen atoms in total. The Balaban J connectivity index is 2.11. The number of nitrogens with two attached hydrogens (primary N) is 1. The van der Waals surface area contributed by atoms with Crippen molar-refractivity contribution >= 4 is 31.2 Å². The van der Waals surface area contributed by atoms with E-state index in [1.54, 1.807) is 6.07 Å². The zero-order chi connectivity index (χ0) is 15.0. The second kappa shape index (κ2) is 5.72. The fraction of sp³-hybridized carbons (Fsp3) is 0.636. The van der Waals surface area contributed by atoms with Gasteiger partial charge in [0.2, 0.25) is 10.0 Å². The standard InChI is InChI=1S/C11H18N2O4S3/c1-8-6-11(18-10(8)7-12)20(16,17)13-9-2-4-19(14,15)5-3-9/h6,9,13H,2-5,7,12H2,1H3. The van der Waals surface area contributed by atoms with Crippen LogP contribution in [0.5, 0.6) is 0 Å². The van der Waals surface area contributed by atoms with E-state index < -0.39 is 19.9 Å². The van der Waals surface area contributed by atoms with Crippen LogP contribution in [-0.2, 0) is 26.4 Å². The number of hydrogen-bond donors (Lipinski definition) is 2. The minimum absolute atomic E-state index is 0.0394. The molecular weight excluding hydrogens is 320 g/mol. The van der Waals surface area contributed by atoms with E-state index in [-0.39, 0.29) is 21.8 Å². The Morgan fingerprint density at radius 3 is 2.50 bits per heavy atom. The highest BCUT2D eigenvalue weighted by Gasteiger charge is 2.28. The summed E-state index contributed by atoms with van der Waals surface area (Å²) in [6, 6.07) is 1.29. The summed E-state index contributed by atoms with van der Waals surface area (Å²) in [6.07, 6.45) is 0.658. The Kier molecular flexibility index (Phi) is 4.55. The molecule has 1 aromatic rings. The second-order valence-electron chi connectivity index (χ2n) is 4.92. The molecule has 0 aromatic carbocycles. The summed E-state index contributed by atoms with van der Waals surface area (Å²) in [7, 11) is -6.58. The lowest BCUT2D eigenvalue weighted by Gasteiger charge is -2.22. The van der Waals surface area contributed by atoms with Crippen LogP contribution in [0.1, 0.15) is 23.3 Å². The normalized spacial score (nSPS) is 20.1. The monoisotopic (exact) mass is 338 g/mol. The molecule has 1 fully saturated rings. The molecule has 20 heavy (non-hydrogen) atoms. The van der Waals surface area contributed by atoms with Crippen molar-refractivity contribution in [3.63, 3.8) is 0 Å². The van der Waals surface area contributed by atoms with Crippen LogP contribution >= 0.6 is 11.3 Å². The van der Waals surface area contributed by atoms with Crippen molar-refractivity contribution in [2.75, 3.05) is 11.5 Å². The van der Waals surface area contributed by atoms with E-state index in [0.717, 1.165) is 21.8 Å². The number of aryl methyl sites for hydroxylation is 1. The van der Waals surface area contributed by atoms with Crippen molar-refractivity contribution in [2.45, 2.75) is 36.6 Å². The summed E-state index contributed by atoms with van der Waals surface area (Å²) < 4.78 is 50.0. The van der Waals surface area contributed by atoms with Gasteiger partial charge in [-0.25, -0.2) is 21.6 Å². The highest BCUT2D eigenvalue weighted by molar-refractivity contribution is 7.92. The molecule has 0 unspecified atom stereocenters. The van der Waals surface area contributed by atoms with Crippen LogP contribution in [0.4, 0.5) is 0 Å². The van der Waals surface area contributed by atoms with Gasteiger partial charge in [0.25, 0.3) is 0 Å². The first kappa shape index (κ1) is 15.9. The fourth-order valence-electron chi connectivity index (χ4n) is 2.11. The van der Waals surface area contributed by atoms with Crippen LogP contribution in [0.2, 0.25) is 0 Å². The number of sulfonamides is 1. The maximum absolute atomic E-state index is 12.3. The number of thiophene rings is 1. The maximum atomic E-state index is 12.3. The molecule has 3 N–H and O–H groups in total. The first-order chi connectivity index (χ1) is 9.23. The molecule has 0 amide bonds. The molecule has 0 atom stereocenters. The Morgan fingerprint density at radius 2 is 2.00 bits per heavy atom. The first-order valence-electron chi connectivity index (χ1n) is 6.25. The van der Waals surface area contributed by atoms with Gasteiger partial charge in [0, 0.05) is 17.5 Å². The summed E-state index contributed by atoms with van der Waals surface area (Å²) >= 11 is 1.16. The van der Waals surface area contributed by atoms with Crippen LogP contribution in [0, 0.1) is 6.92 Å². The van der Waals surface area contributed by atoms with E-state index in [4.69, 9.17) is 5.73 Å². The Labute approximate surface area is 123 Å². The smallest absolute Gasteiger partial charge is 0.250 e. The molecule has 1 aliphatic rings. The molecule has 114 valence electrons. The van der Waals surface area contributed by atoms with Gasteiger partial charge in [0.05, 0.1) is 11.5 Å². The maximum Gasteiger partial charge on any atom is 0.250 e. The van der Waals surface area contributed by atoms with Gasteiger partial charge in [0.1, 0.15) is 14.0 Å². The van der Waals surface area contributed by atoms with Gasteiger partial charge >= 0.3 is 0 Å². The average Bonchev–Trinajstić information content (AvgIpc) is 2.74. The Hall–Kier alpha value is -0.480. The highest BCUT2D eigenvalue weighted by Crippen LogP contribution is 2.26. The quantitative estimate of drug-likeness (QED) is 0.825. The molecule has 1 aliphatic heterocycles. The molecule has 0 aliphatic carbocycles. The predicted octanol–water partition coefficient (Wildman–Crippen LogP) is 0.371. The van der Waals surface area contributed by atoms with Gasteiger partial charge in [-0.1, -0.05) is 0 Å². The minimum Gasteiger partial charge on any atom is -0.326 e. The predicted molar refractivity (Wildman–Crippen MR) is 78.9 cm³/mol. The lowest BCUT2D eigenvalue weighted by Crippen LogP contribution is -2.40. The van der Waals surface area contributed by atoms with Gasteiger partial charge in [-0.3, -0.25) is 0 Å². The van der Waals surface area contributed by atoms with Crippen molar-refractivity contribution in [1.29, 1.82) is 0 Å². The third kappa shape index (κ3) is 3.59. The van der Waals surface area contributed by atoms with Crippen molar-refractivity contribution in [2.24, 2.45) is 5.73 Å². The second-order valence-corrected chi connectivity index (χ2v) is 10.3. The van der Waals surface area contributed by atoms with Crippen LogP contribution in [0.25, 0.3) is 0 Å². The van der Waals surface area contributed by atoms with Crippen LogP contribution < -0.4 is 10.5 Å². The zero-order valence-electron chi connectivity index (χ0n) is 11.1. The number of nitrogens with one attached hydrogen (secondary N) is 1. The van der Waals surface area contributed by atoms with E-state index in [2.05, 4.69) is 4.72 Å². The van der Waals surface area contributed by atoms with E-state index >= 15 is 0 Å². The highest BCUT2D eigenvalue weighted by atomic mass is 32.2. The largest absolute Gasteiger partial charge is 0.326 e. The van der Waals surface area contributed by atoms with E-state index in [9.17, 15) is 16.8 Å². The van der Waals surface area contributed by atoms with Gasteiger partial charge in [-0.05, 0) is 31.4 Å². The molecule has 2 rings (SSSR count). The molecule has 2 heterocycles. The van der Waals surface area contributed by atoms with Crippen molar-refractivity contribution < 1.29 is 16.8 Å². The molecule has 0 radical (unpaired) electrons. The SMILES string of the molecule is Cc1cc(S(=O)(=O)NC2CCS(=O)(=O)CC2)sc1CN. The van der Waals surface area contributed by atoms with Crippen molar-refractivity contribution in [1.82, 2.24) is 4.72 Å². The van der Waals surface area contributed by atoms with E-state index in [0.29, 0.717) is 19.4 Å². The number of rotatable bonds is 4. The molecular formula is C11H18N2O4S3. The summed E-state index contributed by atoms with van der Waals surface area (Å²) in [5.74, 6) is 0.0788. The number of sulfone groups is 1. The van der Waals surface area contributed by atoms with Crippen molar-refractivity contribution in [3.05, 3.63) is 16.5 Å². The van der Waals surface area contributed by atoms with E-state index in [1.807, 2.05) is 6.92 Å².